The molecule has 1 aliphatic heterocycles. The summed E-state index contributed by atoms with van der Waals surface area (Å²) in [7, 11) is -3.65. The van der Waals surface area contributed by atoms with Gasteiger partial charge < -0.3 is 10.8 Å². The van der Waals surface area contributed by atoms with Crippen LogP contribution < -0.4 is 5.73 Å². The molecule has 1 aromatic carbocycles. The first-order chi connectivity index (χ1) is 9.46. The minimum Gasteiger partial charge on any atom is -0.397 e. The van der Waals surface area contributed by atoms with Crippen LogP contribution in [0, 0.1) is 0 Å². The quantitative estimate of drug-likeness (QED) is 0.833. The number of benzene rings is 1. The molecule has 7 heteroatoms. The van der Waals surface area contributed by atoms with Gasteiger partial charge in [-0.05, 0) is 31.0 Å². The molecule has 0 bridgehead atoms. The highest BCUT2D eigenvalue weighted by Crippen LogP contribution is 2.28. The first-order valence-electron chi connectivity index (χ1n) is 6.64. The Morgan fingerprint density at radius 3 is 2.75 bits per heavy atom. The third-order valence-electron chi connectivity index (χ3n) is 3.61. The molecular formula is C13H19ClN2O3S. The lowest BCUT2D eigenvalue weighted by molar-refractivity contribution is 0.186. The summed E-state index contributed by atoms with van der Waals surface area (Å²) < 4.78 is 26.8. The standard InChI is InChI=1S/C13H19ClN2O3S/c14-12-6-5-11(8-13(12)15)20(18,19)16-7-3-1-2-4-10(16)9-17/h5-6,8,10,17H,1-4,7,9,15H2. The van der Waals surface area contributed by atoms with Crippen LogP contribution in [0.1, 0.15) is 25.7 Å². The van der Waals surface area contributed by atoms with Gasteiger partial charge in [0.1, 0.15) is 0 Å². The van der Waals surface area contributed by atoms with E-state index in [2.05, 4.69) is 0 Å². The number of nitrogens with two attached hydrogens (primary N) is 1. The molecule has 0 spiro atoms. The minimum atomic E-state index is -3.65. The fraction of sp³-hybridized carbons (Fsp3) is 0.538. The second-order valence-electron chi connectivity index (χ2n) is 4.98. The zero-order valence-electron chi connectivity index (χ0n) is 11.1. The summed E-state index contributed by atoms with van der Waals surface area (Å²) in [6.45, 7) is 0.262. The van der Waals surface area contributed by atoms with Crippen LogP contribution in [0.4, 0.5) is 5.69 Å². The minimum absolute atomic E-state index is 0.125. The van der Waals surface area contributed by atoms with Gasteiger partial charge in [0.25, 0.3) is 0 Å². The summed E-state index contributed by atoms with van der Waals surface area (Å²) in [6, 6.07) is 3.94. The van der Waals surface area contributed by atoms with Crippen molar-refractivity contribution in [3.05, 3.63) is 23.2 Å². The van der Waals surface area contributed by atoms with Crippen LogP contribution >= 0.6 is 11.6 Å². The van der Waals surface area contributed by atoms with E-state index in [1.807, 2.05) is 0 Å². The van der Waals surface area contributed by atoms with E-state index in [1.54, 1.807) is 0 Å². The molecule has 5 nitrogen and oxygen atoms in total. The smallest absolute Gasteiger partial charge is 0.243 e. The molecule has 1 unspecified atom stereocenters. The van der Waals surface area contributed by atoms with Crippen molar-refractivity contribution in [2.24, 2.45) is 0 Å². The molecule has 3 N–H and O–H groups in total. The highest BCUT2D eigenvalue weighted by Gasteiger charge is 2.32. The van der Waals surface area contributed by atoms with Crippen molar-refractivity contribution in [1.29, 1.82) is 0 Å². The van der Waals surface area contributed by atoms with Crippen LogP contribution in [0.2, 0.25) is 5.02 Å². The largest absolute Gasteiger partial charge is 0.397 e. The summed E-state index contributed by atoms with van der Waals surface area (Å²) in [5, 5.41) is 9.78. The molecule has 2 rings (SSSR count). The SMILES string of the molecule is Nc1cc(S(=O)(=O)N2CCCCCC2CO)ccc1Cl. The number of nitrogens with zero attached hydrogens (tertiary/aromatic N) is 1. The van der Waals surface area contributed by atoms with Crippen LogP contribution in [0.15, 0.2) is 23.1 Å². The molecule has 112 valence electrons. The Kier molecular flexibility index (Phi) is 4.90. The van der Waals surface area contributed by atoms with Crippen LogP contribution in [0.3, 0.4) is 0 Å². The Morgan fingerprint density at radius 1 is 1.35 bits per heavy atom. The van der Waals surface area contributed by atoms with Crippen molar-refractivity contribution in [2.75, 3.05) is 18.9 Å². The molecular weight excluding hydrogens is 300 g/mol. The highest BCUT2D eigenvalue weighted by atomic mass is 35.5. The fourth-order valence-corrected chi connectivity index (χ4v) is 4.31. The van der Waals surface area contributed by atoms with E-state index >= 15 is 0 Å². The molecule has 1 aromatic rings. The van der Waals surface area contributed by atoms with Gasteiger partial charge in [0.2, 0.25) is 10.0 Å². The molecule has 0 saturated carbocycles. The van der Waals surface area contributed by atoms with Crippen molar-refractivity contribution in [2.45, 2.75) is 36.6 Å². The second kappa shape index (κ2) is 6.30. The van der Waals surface area contributed by atoms with Crippen molar-refractivity contribution in [3.8, 4) is 0 Å². The van der Waals surface area contributed by atoms with Crippen molar-refractivity contribution < 1.29 is 13.5 Å². The molecule has 1 aliphatic rings. The summed E-state index contributed by atoms with van der Waals surface area (Å²) in [6.07, 6.45) is 3.39. The Balaban J connectivity index is 2.38. The number of hydrogen-bond acceptors (Lipinski definition) is 4. The molecule has 20 heavy (non-hydrogen) atoms. The van der Waals surface area contributed by atoms with Crippen LogP contribution in [0.25, 0.3) is 0 Å². The van der Waals surface area contributed by atoms with Gasteiger partial charge in [-0.3, -0.25) is 0 Å². The Hall–Kier alpha value is -0.820. The lowest BCUT2D eigenvalue weighted by Gasteiger charge is -2.27. The van der Waals surface area contributed by atoms with E-state index in [0.717, 1.165) is 19.3 Å². The highest BCUT2D eigenvalue weighted by molar-refractivity contribution is 7.89. The van der Waals surface area contributed by atoms with Crippen LogP contribution in [-0.2, 0) is 10.0 Å². The number of anilines is 1. The molecule has 0 radical (unpaired) electrons. The topological polar surface area (TPSA) is 83.6 Å². The van der Waals surface area contributed by atoms with Gasteiger partial charge in [0, 0.05) is 12.6 Å². The summed E-state index contributed by atoms with van der Waals surface area (Å²) in [4.78, 5) is 0.125. The lowest BCUT2D eigenvalue weighted by atomic mass is 10.1. The number of aliphatic hydroxyl groups excluding tert-OH is 1. The number of aliphatic hydroxyl groups is 1. The van der Waals surface area contributed by atoms with E-state index < -0.39 is 10.0 Å². The lowest BCUT2D eigenvalue weighted by Crippen LogP contribution is -2.42. The molecule has 1 fully saturated rings. The Labute approximate surface area is 124 Å². The average molecular weight is 319 g/mol. The summed E-state index contributed by atoms with van der Waals surface area (Å²) in [5.41, 5.74) is 5.92. The van der Waals surface area contributed by atoms with Crippen molar-refractivity contribution in [1.82, 2.24) is 4.31 Å². The van der Waals surface area contributed by atoms with Gasteiger partial charge in [-0.1, -0.05) is 24.4 Å². The predicted molar refractivity (Wildman–Crippen MR) is 79.1 cm³/mol. The van der Waals surface area contributed by atoms with E-state index in [1.165, 1.54) is 22.5 Å². The maximum Gasteiger partial charge on any atom is 0.243 e. The van der Waals surface area contributed by atoms with Gasteiger partial charge in [0.05, 0.1) is 22.2 Å². The van der Waals surface area contributed by atoms with Gasteiger partial charge in [-0.2, -0.15) is 4.31 Å². The first kappa shape index (κ1) is 15.6. The zero-order valence-corrected chi connectivity index (χ0v) is 12.7. The van der Waals surface area contributed by atoms with Crippen molar-refractivity contribution >= 4 is 27.3 Å². The third kappa shape index (κ3) is 3.09. The van der Waals surface area contributed by atoms with Gasteiger partial charge in [-0.25, -0.2) is 8.42 Å². The molecule has 0 amide bonds. The van der Waals surface area contributed by atoms with E-state index in [9.17, 15) is 13.5 Å². The van der Waals surface area contributed by atoms with Crippen LogP contribution in [-0.4, -0.2) is 37.0 Å². The monoisotopic (exact) mass is 318 g/mol. The number of sulfonamides is 1. The average Bonchev–Trinajstić information content (AvgIpc) is 2.67. The second-order valence-corrected chi connectivity index (χ2v) is 7.28. The summed E-state index contributed by atoms with van der Waals surface area (Å²) >= 11 is 5.83. The van der Waals surface area contributed by atoms with Gasteiger partial charge in [0.15, 0.2) is 0 Å². The normalized spacial score (nSPS) is 21.6. The van der Waals surface area contributed by atoms with E-state index in [4.69, 9.17) is 17.3 Å². The van der Waals surface area contributed by atoms with E-state index in [0.29, 0.717) is 18.0 Å². The first-order valence-corrected chi connectivity index (χ1v) is 8.46. The molecule has 1 atom stereocenters. The molecule has 0 aliphatic carbocycles. The third-order valence-corrected chi connectivity index (χ3v) is 5.90. The number of hydrogen-bond donors (Lipinski definition) is 2. The Bertz CT molecular complexity index is 577. The van der Waals surface area contributed by atoms with Gasteiger partial charge >= 0.3 is 0 Å². The molecule has 1 saturated heterocycles. The number of nitrogen functional groups attached to an aromatic ring is 1. The maximum absolute atomic E-state index is 12.7. The fourth-order valence-electron chi connectivity index (χ4n) is 2.47. The van der Waals surface area contributed by atoms with Crippen molar-refractivity contribution in [3.63, 3.8) is 0 Å². The Morgan fingerprint density at radius 2 is 2.10 bits per heavy atom. The number of rotatable bonds is 3. The predicted octanol–water partition coefficient (Wildman–Crippen LogP) is 1.85. The maximum atomic E-state index is 12.7. The molecule has 0 aromatic heterocycles. The number of halogens is 1. The summed E-state index contributed by atoms with van der Waals surface area (Å²) in [5.74, 6) is 0. The van der Waals surface area contributed by atoms with Gasteiger partial charge in [-0.15, -0.1) is 0 Å². The zero-order chi connectivity index (χ0) is 14.8. The molecule has 1 heterocycles. The van der Waals surface area contributed by atoms with Crippen LogP contribution in [0.5, 0.6) is 0 Å². The van der Waals surface area contributed by atoms with E-state index in [-0.39, 0.29) is 23.2 Å².